The minimum atomic E-state index is -0.829. The molecule has 0 atom stereocenters. The lowest BCUT2D eigenvalue weighted by Crippen LogP contribution is -2.38. The number of likely N-dealkylation sites (tertiary alicyclic amines) is 1. The number of hydrogen-bond acceptors (Lipinski definition) is 4. The second-order valence-electron chi connectivity index (χ2n) is 3.09. The van der Waals surface area contributed by atoms with E-state index in [4.69, 9.17) is 5.41 Å². The van der Waals surface area contributed by atoms with Gasteiger partial charge in [-0.2, -0.15) is 0 Å². The molecule has 1 amide bonds. The van der Waals surface area contributed by atoms with Crippen LogP contribution in [0.3, 0.4) is 0 Å². The number of carbonyl (C=O) groups is 2. The molecule has 1 fully saturated rings. The molecule has 0 aromatic heterocycles. The minimum absolute atomic E-state index is 0.189. The summed E-state index contributed by atoms with van der Waals surface area (Å²) in [7, 11) is 0. The summed E-state index contributed by atoms with van der Waals surface area (Å²) in [6.45, 7) is 3.11. The van der Waals surface area contributed by atoms with Crippen molar-refractivity contribution in [3.05, 3.63) is 0 Å². The van der Waals surface area contributed by atoms with Crippen molar-refractivity contribution in [3.63, 3.8) is 0 Å². The molecule has 0 bridgehead atoms. The van der Waals surface area contributed by atoms with E-state index in [-0.39, 0.29) is 6.61 Å². The molecular weight excluding hydrogens is 184 g/mol. The fourth-order valence-corrected chi connectivity index (χ4v) is 1.37. The molecule has 1 aliphatic heterocycles. The van der Waals surface area contributed by atoms with Gasteiger partial charge < -0.3 is 9.64 Å². The van der Waals surface area contributed by atoms with Crippen molar-refractivity contribution < 1.29 is 14.3 Å². The topological polar surface area (TPSA) is 70.5 Å². The molecule has 0 unspecified atom stereocenters. The Bertz CT molecular complexity index is 257. The smallest absolute Gasteiger partial charge is 0.362 e. The minimum Gasteiger partial charge on any atom is -0.461 e. The van der Waals surface area contributed by atoms with Crippen LogP contribution < -0.4 is 0 Å². The van der Waals surface area contributed by atoms with Crippen molar-refractivity contribution >= 4 is 17.6 Å². The number of nitrogens with zero attached hydrogens (tertiary/aromatic N) is 1. The molecule has 1 heterocycles. The monoisotopic (exact) mass is 198 g/mol. The molecule has 0 saturated carbocycles. The predicted molar refractivity (Wildman–Crippen MR) is 50.2 cm³/mol. The predicted octanol–water partition coefficient (Wildman–Crippen LogP) is 0.192. The maximum absolute atomic E-state index is 11.5. The van der Waals surface area contributed by atoms with Crippen molar-refractivity contribution in [2.24, 2.45) is 0 Å². The molecule has 1 saturated heterocycles. The summed E-state index contributed by atoms with van der Waals surface area (Å²) >= 11 is 0. The van der Waals surface area contributed by atoms with Crippen molar-refractivity contribution in [3.8, 4) is 0 Å². The lowest BCUT2D eigenvalue weighted by molar-refractivity contribution is -0.136. The maximum Gasteiger partial charge on any atom is 0.362 e. The highest BCUT2D eigenvalue weighted by Gasteiger charge is 2.26. The van der Waals surface area contributed by atoms with Gasteiger partial charge in [0.05, 0.1) is 6.61 Å². The number of rotatable bonds is 3. The Kier molecular flexibility index (Phi) is 3.62. The summed E-state index contributed by atoms with van der Waals surface area (Å²) in [6.07, 6.45) is 1.89. The lowest BCUT2D eigenvalue weighted by Gasteiger charge is -2.14. The van der Waals surface area contributed by atoms with Crippen LogP contribution in [0.4, 0.5) is 0 Å². The summed E-state index contributed by atoms with van der Waals surface area (Å²) in [5.41, 5.74) is -0.561. The fourth-order valence-electron chi connectivity index (χ4n) is 1.37. The molecule has 78 valence electrons. The number of ether oxygens (including phenoxy) is 1. The Morgan fingerprint density at radius 1 is 1.36 bits per heavy atom. The summed E-state index contributed by atoms with van der Waals surface area (Å²) in [5, 5.41) is 7.30. The zero-order chi connectivity index (χ0) is 10.6. The lowest BCUT2D eigenvalue weighted by atomic mass is 10.3. The van der Waals surface area contributed by atoms with Gasteiger partial charge in [-0.3, -0.25) is 10.2 Å². The highest BCUT2D eigenvalue weighted by atomic mass is 16.5. The molecule has 0 radical (unpaired) electrons. The third kappa shape index (κ3) is 2.31. The van der Waals surface area contributed by atoms with Gasteiger partial charge in [0.2, 0.25) is 5.71 Å². The second kappa shape index (κ2) is 4.74. The number of carbonyl (C=O) groups excluding carboxylic acids is 2. The molecule has 1 N–H and O–H groups in total. The molecule has 0 spiro atoms. The zero-order valence-corrected chi connectivity index (χ0v) is 8.21. The van der Waals surface area contributed by atoms with Crippen LogP contribution in [0, 0.1) is 5.41 Å². The van der Waals surface area contributed by atoms with E-state index in [0.717, 1.165) is 12.8 Å². The normalized spacial score (nSPS) is 15.4. The van der Waals surface area contributed by atoms with Crippen molar-refractivity contribution in [2.75, 3.05) is 19.7 Å². The largest absolute Gasteiger partial charge is 0.461 e. The SMILES string of the molecule is CCOC(=O)C(=N)C(=O)N1CCCC1. The van der Waals surface area contributed by atoms with Gasteiger partial charge in [0.15, 0.2) is 0 Å². The average molecular weight is 198 g/mol. The number of nitrogens with one attached hydrogen (secondary N) is 1. The Hall–Kier alpha value is -1.39. The van der Waals surface area contributed by atoms with Crippen LogP contribution in [0.1, 0.15) is 19.8 Å². The highest BCUT2D eigenvalue weighted by Crippen LogP contribution is 2.07. The third-order valence-corrected chi connectivity index (χ3v) is 2.09. The molecule has 0 aromatic carbocycles. The molecule has 14 heavy (non-hydrogen) atoms. The Balaban J connectivity index is 2.51. The molecule has 0 aliphatic carbocycles. The van der Waals surface area contributed by atoms with E-state index in [1.54, 1.807) is 6.92 Å². The summed E-state index contributed by atoms with van der Waals surface area (Å²) < 4.78 is 4.57. The highest BCUT2D eigenvalue weighted by molar-refractivity contribution is 6.62. The van der Waals surface area contributed by atoms with Crippen molar-refractivity contribution in [1.29, 1.82) is 5.41 Å². The summed E-state index contributed by atoms with van der Waals surface area (Å²) in [4.78, 5) is 24.0. The molecule has 1 rings (SSSR count). The maximum atomic E-state index is 11.5. The summed E-state index contributed by atoms with van der Waals surface area (Å²) in [5.74, 6) is -1.34. The molecule has 5 nitrogen and oxygen atoms in total. The van der Waals surface area contributed by atoms with Gasteiger partial charge in [-0.1, -0.05) is 0 Å². The van der Waals surface area contributed by atoms with E-state index in [0.29, 0.717) is 13.1 Å². The standard InChI is InChI=1S/C9H14N2O3/c1-2-14-9(13)7(10)8(12)11-5-3-4-6-11/h10H,2-6H2,1H3. The number of esters is 1. The van der Waals surface area contributed by atoms with Gasteiger partial charge in [0.25, 0.3) is 5.91 Å². The van der Waals surface area contributed by atoms with Gasteiger partial charge in [-0.25, -0.2) is 4.79 Å². The first kappa shape index (κ1) is 10.7. The van der Waals surface area contributed by atoms with E-state index in [1.807, 2.05) is 0 Å². The van der Waals surface area contributed by atoms with E-state index in [1.165, 1.54) is 4.90 Å². The van der Waals surface area contributed by atoms with Gasteiger partial charge >= 0.3 is 5.97 Å². The molecule has 5 heteroatoms. The third-order valence-electron chi connectivity index (χ3n) is 2.09. The molecule has 1 aliphatic rings. The zero-order valence-electron chi connectivity index (χ0n) is 8.21. The van der Waals surface area contributed by atoms with Crippen LogP contribution in [0.2, 0.25) is 0 Å². The number of amides is 1. The Morgan fingerprint density at radius 2 is 1.93 bits per heavy atom. The van der Waals surface area contributed by atoms with Crippen LogP contribution in [-0.2, 0) is 14.3 Å². The van der Waals surface area contributed by atoms with Crippen LogP contribution in [-0.4, -0.2) is 42.2 Å². The van der Waals surface area contributed by atoms with Gasteiger partial charge in [-0.05, 0) is 19.8 Å². The summed E-state index contributed by atoms with van der Waals surface area (Å²) in [6, 6.07) is 0. The quantitative estimate of drug-likeness (QED) is 0.400. The van der Waals surface area contributed by atoms with E-state index in [2.05, 4.69) is 4.74 Å². The second-order valence-corrected chi connectivity index (χ2v) is 3.09. The Labute approximate surface area is 82.5 Å². The van der Waals surface area contributed by atoms with Crippen LogP contribution in [0.5, 0.6) is 0 Å². The van der Waals surface area contributed by atoms with Crippen LogP contribution in [0.25, 0.3) is 0 Å². The first-order valence-electron chi connectivity index (χ1n) is 4.71. The van der Waals surface area contributed by atoms with E-state index >= 15 is 0 Å². The van der Waals surface area contributed by atoms with Crippen LogP contribution >= 0.6 is 0 Å². The fraction of sp³-hybridized carbons (Fsp3) is 0.667. The van der Waals surface area contributed by atoms with E-state index in [9.17, 15) is 9.59 Å². The van der Waals surface area contributed by atoms with Gasteiger partial charge in [0.1, 0.15) is 0 Å². The van der Waals surface area contributed by atoms with E-state index < -0.39 is 17.6 Å². The first-order chi connectivity index (χ1) is 6.66. The van der Waals surface area contributed by atoms with Gasteiger partial charge in [-0.15, -0.1) is 0 Å². The molecule has 0 aromatic rings. The molecular formula is C9H14N2O3. The van der Waals surface area contributed by atoms with Crippen molar-refractivity contribution in [2.45, 2.75) is 19.8 Å². The van der Waals surface area contributed by atoms with Crippen molar-refractivity contribution in [1.82, 2.24) is 4.90 Å². The first-order valence-corrected chi connectivity index (χ1v) is 4.71. The van der Waals surface area contributed by atoms with Gasteiger partial charge in [0, 0.05) is 13.1 Å². The average Bonchev–Trinajstić information content (AvgIpc) is 2.68. The number of hydrogen-bond donors (Lipinski definition) is 1. The Morgan fingerprint density at radius 3 is 2.43 bits per heavy atom. The van der Waals surface area contributed by atoms with Crippen LogP contribution in [0.15, 0.2) is 0 Å².